The largest absolute Gasteiger partial charge is 0.330 e. The normalized spacial score (nSPS) is 11.9. The van der Waals surface area contributed by atoms with Gasteiger partial charge in [-0.15, -0.1) is 0 Å². The molecule has 1 aromatic carbocycles. The molecular formula is C12H16ClN3O3. The molecule has 0 aliphatic carbocycles. The van der Waals surface area contributed by atoms with Crippen LogP contribution in [-0.4, -0.2) is 17.4 Å². The Hall–Kier alpha value is -1.66. The Morgan fingerprint density at radius 1 is 1.58 bits per heavy atom. The van der Waals surface area contributed by atoms with Gasteiger partial charge in [-0.05, 0) is 31.0 Å². The number of anilines is 1. The molecule has 0 spiro atoms. The van der Waals surface area contributed by atoms with Crippen LogP contribution in [0.2, 0.25) is 5.02 Å². The van der Waals surface area contributed by atoms with E-state index in [2.05, 4.69) is 5.32 Å². The maximum Gasteiger partial charge on any atom is 0.292 e. The smallest absolute Gasteiger partial charge is 0.292 e. The van der Waals surface area contributed by atoms with Crippen molar-refractivity contribution in [1.82, 2.24) is 0 Å². The van der Waals surface area contributed by atoms with Crippen LogP contribution in [0.3, 0.4) is 0 Å². The van der Waals surface area contributed by atoms with Gasteiger partial charge in [-0.3, -0.25) is 14.9 Å². The molecule has 104 valence electrons. The zero-order chi connectivity index (χ0) is 14.4. The number of hydrogen-bond acceptors (Lipinski definition) is 4. The molecule has 6 nitrogen and oxygen atoms in total. The zero-order valence-electron chi connectivity index (χ0n) is 10.6. The molecule has 0 aliphatic rings. The second-order valence-corrected chi connectivity index (χ2v) is 4.78. The van der Waals surface area contributed by atoms with Crippen LogP contribution in [0.5, 0.6) is 0 Å². The summed E-state index contributed by atoms with van der Waals surface area (Å²) < 4.78 is 0. The summed E-state index contributed by atoms with van der Waals surface area (Å²) in [5.41, 5.74) is 5.39. The van der Waals surface area contributed by atoms with Gasteiger partial charge in [-0.2, -0.15) is 0 Å². The van der Waals surface area contributed by atoms with Crippen molar-refractivity contribution in [2.75, 3.05) is 11.9 Å². The molecule has 0 saturated carbocycles. The third-order valence-electron chi connectivity index (χ3n) is 2.70. The Balaban J connectivity index is 2.73. The average molecular weight is 286 g/mol. The van der Waals surface area contributed by atoms with Gasteiger partial charge in [0.15, 0.2) is 0 Å². The van der Waals surface area contributed by atoms with E-state index in [1.807, 2.05) is 6.92 Å². The fourth-order valence-electron chi connectivity index (χ4n) is 1.48. The van der Waals surface area contributed by atoms with Gasteiger partial charge in [-0.1, -0.05) is 18.5 Å². The van der Waals surface area contributed by atoms with E-state index in [1.54, 1.807) is 0 Å². The highest BCUT2D eigenvalue weighted by Crippen LogP contribution is 2.27. The summed E-state index contributed by atoms with van der Waals surface area (Å²) >= 11 is 5.76. The molecule has 0 radical (unpaired) electrons. The second-order valence-electron chi connectivity index (χ2n) is 4.35. The number of carbonyl (C=O) groups is 1. The van der Waals surface area contributed by atoms with Crippen LogP contribution in [0, 0.1) is 16.0 Å². The van der Waals surface area contributed by atoms with E-state index in [9.17, 15) is 14.9 Å². The molecule has 7 heteroatoms. The van der Waals surface area contributed by atoms with Gasteiger partial charge in [0, 0.05) is 17.5 Å². The number of nitro benzene ring substituents is 1. The van der Waals surface area contributed by atoms with Gasteiger partial charge < -0.3 is 11.1 Å². The van der Waals surface area contributed by atoms with Gasteiger partial charge in [0.05, 0.1) is 4.92 Å². The summed E-state index contributed by atoms with van der Waals surface area (Å²) in [6.07, 6.45) is 0.902. The highest BCUT2D eigenvalue weighted by Gasteiger charge is 2.16. The van der Waals surface area contributed by atoms with Crippen LogP contribution in [0.4, 0.5) is 11.4 Å². The minimum absolute atomic E-state index is 0.114. The van der Waals surface area contributed by atoms with Gasteiger partial charge >= 0.3 is 0 Å². The molecule has 1 atom stereocenters. The summed E-state index contributed by atoms with van der Waals surface area (Å²) in [6.45, 7) is 2.44. The lowest BCUT2D eigenvalue weighted by Crippen LogP contribution is -2.16. The number of nitrogens with two attached hydrogens (primary N) is 1. The Labute approximate surface area is 116 Å². The van der Waals surface area contributed by atoms with Gasteiger partial charge in [0.25, 0.3) is 5.69 Å². The number of amides is 1. The molecule has 0 heterocycles. The van der Waals surface area contributed by atoms with Gasteiger partial charge in [0.2, 0.25) is 5.91 Å². The third-order valence-corrected chi connectivity index (χ3v) is 2.93. The van der Waals surface area contributed by atoms with Crippen LogP contribution in [0.1, 0.15) is 19.8 Å². The first-order chi connectivity index (χ1) is 8.93. The predicted molar refractivity (Wildman–Crippen MR) is 74.2 cm³/mol. The van der Waals surface area contributed by atoms with E-state index in [0.717, 1.165) is 0 Å². The van der Waals surface area contributed by atoms with Crippen molar-refractivity contribution < 1.29 is 9.72 Å². The van der Waals surface area contributed by atoms with E-state index >= 15 is 0 Å². The van der Waals surface area contributed by atoms with E-state index in [1.165, 1.54) is 18.2 Å². The lowest BCUT2D eigenvalue weighted by atomic mass is 10.1. The van der Waals surface area contributed by atoms with Crippen molar-refractivity contribution in [3.8, 4) is 0 Å². The molecule has 1 unspecified atom stereocenters. The first kappa shape index (κ1) is 15.4. The van der Waals surface area contributed by atoms with E-state index in [0.29, 0.717) is 18.0 Å². The molecule has 3 N–H and O–H groups in total. The van der Waals surface area contributed by atoms with E-state index < -0.39 is 4.92 Å². The quantitative estimate of drug-likeness (QED) is 0.620. The van der Waals surface area contributed by atoms with Crippen molar-refractivity contribution in [1.29, 1.82) is 0 Å². The lowest BCUT2D eigenvalue weighted by Gasteiger charge is -2.09. The molecule has 0 fully saturated rings. The molecule has 19 heavy (non-hydrogen) atoms. The van der Waals surface area contributed by atoms with Crippen molar-refractivity contribution in [3.05, 3.63) is 33.3 Å². The van der Waals surface area contributed by atoms with Crippen LogP contribution < -0.4 is 11.1 Å². The molecule has 1 rings (SSSR count). The van der Waals surface area contributed by atoms with Gasteiger partial charge in [-0.25, -0.2) is 0 Å². The monoisotopic (exact) mass is 285 g/mol. The number of benzene rings is 1. The highest BCUT2D eigenvalue weighted by molar-refractivity contribution is 6.31. The number of nitro groups is 1. The van der Waals surface area contributed by atoms with Crippen LogP contribution in [0.25, 0.3) is 0 Å². The minimum Gasteiger partial charge on any atom is -0.330 e. The maximum atomic E-state index is 11.7. The van der Waals surface area contributed by atoms with Crippen molar-refractivity contribution in [2.24, 2.45) is 11.7 Å². The summed E-state index contributed by atoms with van der Waals surface area (Å²) in [4.78, 5) is 22.0. The molecule has 0 saturated heterocycles. The predicted octanol–water partition coefficient (Wildman–Crippen LogP) is 2.56. The molecule has 0 aromatic heterocycles. The van der Waals surface area contributed by atoms with E-state index in [4.69, 9.17) is 17.3 Å². The lowest BCUT2D eigenvalue weighted by molar-refractivity contribution is -0.383. The van der Waals surface area contributed by atoms with E-state index in [-0.39, 0.29) is 29.6 Å². The standard InChI is InChI=1S/C12H16ClN3O3/c1-8(7-14)2-5-12(17)15-10-6-9(13)3-4-11(10)16(18)19/h3-4,6,8H,2,5,7,14H2,1H3,(H,15,17). The number of carbonyl (C=O) groups excluding carboxylic acids is 1. The SMILES string of the molecule is CC(CN)CCC(=O)Nc1cc(Cl)ccc1[N+](=O)[O-]. The first-order valence-corrected chi connectivity index (χ1v) is 6.25. The van der Waals surface area contributed by atoms with Crippen molar-refractivity contribution in [3.63, 3.8) is 0 Å². The van der Waals surface area contributed by atoms with Crippen LogP contribution >= 0.6 is 11.6 Å². The topological polar surface area (TPSA) is 98.3 Å². The maximum absolute atomic E-state index is 11.7. The third kappa shape index (κ3) is 4.84. The average Bonchev–Trinajstić information content (AvgIpc) is 2.35. The first-order valence-electron chi connectivity index (χ1n) is 5.88. The minimum atomic E-state index is -0.561. The second kappa shape index (κ2) is 7.06. The Bertz CT molecular complexity index is 479. The number of rotatable bonds is 6. The number of halogens is 1. The molecule has 0 aliphatic heterocycles. The van der Waals surface area contributed by atoms with Crippen molar-refractivity contribution in [2.45, 2.75) is 19.8 Å². The fourth-order valence-corrected chi connectivity index (χ4v) is 1.65. The number of hydrogen-bond donors (Lipinski definition) is 2. The summed E-state index contributed by atoms with van der Waals surface area (Å²) in [6, 6.07) is 4.04. The fraction of sp³-hybridized carbons (Fsp3) is 0.417. The number of nitrogens with zero attached hydrogens (tertiary/aromatic N) is 1. The molecule has 0 bridgehead atoms. The Kier molecular flexibility index (Phi) is 5.72. The summed E-state index contributed by atoms with van der Waals surface area (Å²) in [5, 5.41) is 13.7. The molecule has 1 aromatic rings. The van der Waals surface area contributed by atoms with Crippen LogP contribution in [0.15, 0.2) is 18.2 Å². The van der Waals surface area contributed by atoms with Gasteiger partial charge in [0.1, 0.15) is 5.69 Å². The van der Waals surface area contributed by atoms with Crippen LogP contribution in [-0.2, 0) is 4.79 Å². The number of nitrogens with one attached hydrogen (secondary N) is 1. The zero-order valence-corrected chi connectivity index (χ0v) is 11.3. The molecule has 1 amide bonds. The Morgan fingerprint density at radius 2 is 2.26 bits per heavy atom. The Morgan fingerprint density at radius 3 is 2.84 bits per heavy atom. The molecular weight excluding hydrogens is 270 g/mol. The summed E-state index contributed by atoms with van der Waals surface area (Å²) in [7, 11) is 0. The highest BCUT2D eigenvalue weighted by atomic mass is 35.5. The summed E-state index contributed by atoms with van der Waals surface area (Å²) in [5.74, 6) is -0.0502. The van der Waals surface area contributed by atoms with Crippen molar-refractivity contribution >= 4 is 28.9 Å².